The zero-order valence-corrected chi connectivity index (χ0v) is 43.3. The Kier molecular flexibility index (Phi) is 7.43. The van der Waals surface area contributed by atoms with Gasteiger partial charge in [-0.3, -0.25) is 0 Å². The number of fused-ring (bicyclic) bond motifs is 8. The standard InChI is InChI=1S/C76H46N4/c1-2-18-38-37(17-1)61-39-19-3-4-20-40(39)62(38)70-54-34-56-72-64-45-25-9-11-27-47(45)66(48-28-12-10-26-46(48)64)74(72)58(79-56)36-60-76-68-51-31-15-13-29-49(51)67(50-30-14-16-32-52(50)68)75(76)59(80-60)35-57-73-65-43-23-7-5-21-41(43)63(42-22-6-8-24-44(42)65)71(73)55(78-57)33-53(77-54)69(61)70/h1-36,61-68,77,80H. The van der Waals surface area contributed by atoms with Crippen molar-refractivity contribution < 1.29 is 0 Å². The third-order valence-electron chi connectivity index (χ3n) is 20.8. The van der Waals surface area contributed by atoms with Gasteiger partial charge < -0.3 is 9.97 Å². The van der Waals surface area contributed by atoms with Gasteiger partial charge in [-0.1, -0.05) is 194 Å². The van der Waals surface area contributed by atoms with Gasteiger partial charge in [-0.15, -0.1) is 0 Å². The third-order valence-corrected chi connectivity index (χ3v) is 20.8. The normalized spacial score (nSPS) is 22.9. The van der Waals surface area contributed by atoms with E-state index in [1.807, 2.05) is 0 Å². The first kappa shape index (κ1) is 41.5. The lowest BCUT2D eigenvalue weighted by Gasteiger charge is -2.42. The molecule has 2 N–H and O–H groups in total. The number of nitrogens with zero attached hydrogens (tertiary/aromatic N) is 2. The van der Waals surface area contributed by atoms with E-state index in [2.05, 4.69) is 228 Å². The Labute approximate surface area is 461 Å². The van der Waals surface area contributed by atoms with E-state index >= 15 is 0 Å². The lowest BCUT2D eigenvalue weighted by Crippen LogP contribution is -2.26. The van der Waals surface area contributed by atoms with Gasteiger partial charge in [0.05, 0.1) is 22.8 Å². The maximum absolute atomic E-state index is 6.06. The predicted molar refractivity (Wildman–Crippen MR) is 317 cm³/mol. The van der Waals surface area contributed by atoms with Crippen molar-refractivity contribution in [1.82, 2.24) is 19.9 Å². The van der Waals surface area contributed by atoms with Crippen LogP contribution in [0.25, 0.3) is 44.4 Å². The average molecular weight is 1020 g/mol. The monoisotopic (exact) mass is 1010 g/mol. The van der Waals surface area contributed by atoms with Crippen LogP contribution in [-0.2, 0) is 0 Å². The molecular formula is C76H46N4. The number of benzene rings is 8. The summed E-state index contributed by atoms with van der Waals surface area (Å²) in [6, 6.07) is 84.0. The van der Waals surface area contributed by atoms with Gasteiger partial charge in [0.15, 0.2) is 0 Å². The Balaban J connectivity index is 0.947. The highest BCUT2D eigenvalue weighted by molar-refractivity contribution is 6.08. The van der Waals surface area contributed by atoms with E-state index in [9.17, 15) is 0 Å². The Morgan fingerprint density at radius 2 is 0.350 bits per heavy atom. The molecule has 14 aliphatic rings. The lowest BCUT2D eigenvalue weighted by atomic mass is 9.60. The number of H-pyrrole nitrogens is 2. The molecule has 16 bridgehead atoms. The summed E-state index contributed by atoms with van der Waals surface area (Å²) in [7, 11) is 0. The van der Waals surface area contributed by atoms with Crippen molar-refractivity contribution in [3.8, 4) is 0 Å². The summed E-state index contributed by atoms with van der Waals surface area (Å²) in [5, 5.41) is 0. The maximum atomic E-state index is 6.06. The summed E-state index contributed by atoms with van der Waals surface area (Å²) in [4.78, 5) is 20.7. The second-order valence-electron chi connectivity index (χ2n) is 24.1. The fraction of sp³-hybridized carbons (Fsp3) is 0.105. The fourth-order valence-electron chi connectivity index (χ4n) is 18.2. The van der Waals surface area contributed by atoms with Gasteiger partial charge in [0.1, 0.15) is 0 Å². The minimum absolute atomic E-state index is 0.0376. The molecule has 3 aromatic heterocycles. The van der Waals surface area contributed by atoms with Crippen molar-refractivity contribution in [3.05, 3.63) is 352 Å². The third kappa shape index (κ3) is 4.79. The van der Waals surface area contributed by atoms with Crippen LogP contribution in [0, 0.1) is 0 Å². The molecule has 0 saturated carbocycles. The largest absolute Gasteiger partial charge is 0.355 e. The number of aromatic amines is 2. The number of allylic oxidation sites excluding steroid dienone is 4. The van der Waals surface area contributed by atoms with Crippen molar-refractivity contribution in [2.75, 3.05) is 0 Å². The molecule has 5 heterocycles. The summed E-state index contributed by atoms with van der Waals surface area (Å²) in [5.41, 5.74) is 42.0. The van der Waals surface area contributed by atoms with Gasteiger partial charge in [-0.25, -0.2) is 9.97 Å². The molecule has 8 aromatic carbocycles. The van der Waals surface area contributed by atoms with Gasteiger partial charge in [0, 0.05) is 69.4 Å². The van der Waals surface area contributed by atoms with Crippen molar-refractivity contribution in [2.24, 2.45) is 0 Å². The van der Waals surface area contributed by atoms with Crippen LogP contribution in [-0.4, -0.2) is 19.9 Å². The minimum atomic E-state index is 0.0376. The highest BCUT2D eigenvalue weighted by Gasteiger charge is 2.51. The van der Waals surface area contributed by atoms with Crippen LogP contribution >= 0.6 is 0 Å². The van der Waals surface area contributed by atoms with Crippen LogP contribution in [0.2, 0.25) is 0 Å². The van der Waals surface area contributed by atoms with Gasteiger partial charge in [0.2, 0.25) is 0 Å². The van der Waals surface area contributed by atoms with Gasteiger partial charge >= 0.3 is 0 Å². The molecule has 2 aliphatic heterocycles. The second-order valence-corrected chi connectivity index (χ2v) is 24.1. The Bertz CT molecular complexity index is 4230. The van der Waals surface area contributed by atoms with Gasteiger partial charge in [-0.2, -0.15) is 0 Å². The molecule has 0 fully saturated rings. The van der Waals surface area contributed by atoms with E-state index in [-0.39, 0.29) is 47.3 Å². The Morgan fingerprint density at radius 1 is 0.200 bits per heavy atom. The van der Waals surface area contributed by atoms with Crippen molar-refractivity contribution in [2.45, 2.75) is 47.3 Å². The minimum Gasteiger partial charge on any atom is -0.355 e. The SMILES string of the molecule is c1ccc2c(c1)C1C3=C(c4cc5[nH]c(cc6nc(cc7[nH]c(cc3n4)c3c7C4c7ccccc7C3c3ccccc34)C3=C6C4c6ccccc6C3c3ccccc34)c3c5C4c5ccccc5C3c3ccccc34)C2c2ccccc21. The number of hydrogen-bond donors (Lipinski definition) is 2. The van der Waals surface area contributed by atoms with Crippen LogP contribution in [0.5, 0.6) is 0 Å². The highest BCUT2D eigenvalue weighted by Crippen LogP contribution is 2.66. The molecule has 0 radical (unpaired) electrons. The van der Waals surface area contributed by atoms with E-state index in [1.165, 1.54) is 134 Å². The number of aromatic nitrogens is 4. The molecule has 0 atom stereocenters. The summed E-state index contributed by atoms with van der Waals surface area (Å²) in [6.45, 7) is 0. The van der Waals surface area contributed by atoms with E-state index in [4.69, 9.17) is 9.97 Å². The molecular weight excluding hydrogens is 969 g/mol. The maximum Gasteiger partial charge on any atom is 0.0703 e. The van der Waals surface area contributed by atoms with Crippen molar-refractivity contribution in [3.63, 3.8) is 0 Å². The number of hydrogen-bond acceptors (Lipinski definition) is 2. The molecule has 370 valence electrons. The predicted octanol–water partition coefficient (Wildman–Crippen LogP) is 16.7. The fourth-order valence-corrected chi connectivity index (χ4v) is 18.2. The zero-order chi connectivity index (χ0) is 51.4. The molecule has 0 saturated heterocycles. The van der Waals surface area contributed by atoms with E-state index in [0.29, 0.717) is 0 Å². The average Bonchev–Trinajstić information content (AvgIpc) is 4.44. The first-order valence-electron chi connectivity index (χ1n) is 28.8. The smallest absolute Gasteiger partial charge is 0.0703 e. The second kappa shape index (κ2) is 14.3. The molecule has 12 aliphatic carbocycles. The number of nitrogens with one attached hydrogen (secondary N) is 2. The van der Waals surface area contributed by atoms with Crippen LogP contribution in [0.4, 0.5) is 0 Å². The summed E-state index contributed by atoms with van der Waals surface area (Å²) in [5.74, 6) is 0.350. The van der Waals surface area contributed by atoms with E-state index in [0.717, 1.165) is 44.8 Å². The van der Waals surface area contributed by atoms with Crippen LogP contribution in [0.1, 0.15) is 181 Å². The van der Waals surface area contributed by atoms with Crippen LogP contribution in [0.15, 0.2) is 218 Å². The van der Waals surface area contributed by atoms with E-state index in [1.54, 1.807) is 0 Å². The molecule has 25 rings (SSSR count). The Morgan fingerprint density at radius 3 is 0.512 bits per heavy atom. The van der Waals surface area contributed by atoms with Crippen molar-refractivity contribution >= 4 is 44.4 Å². The molecule has 80 heavy (non-hydrogen) atoms. The highest BCUT2D eigenvalue weighted by atomic mass is 14.8. The molecule has 4 heteroatoms. The summed E-state index contributed by atoms with van der Waals surface area (Å²) < 4.78 is 0. The molecule has 0 amide bonds. The van der Waals surface area contributed by atoms with Crippen LogP contribution < -0.4 is 0 Å². The zero-order valence-electron chi connectivity index (χ0n) is 43.3. The first-order chi connectivity index (χ1) is 39.7. The molecule has 0 spiro atoms. The molecule has 11 aromatic rings. The topological polar surface area (TPSA) is 57.4 Å². The summed E-state index contributed by atoms with van der Waals surface area (Å²) in [6.07, 6.45) is 0. The quantitative estimate of drug-likeness (QED) is 0.159. The van der Waals surface area contributed by atoms with Crippen molar-refractivity contribution in [1.29, 1.82) is 0 Å². The van der Waals surface area contributed by atoms with E-state index < -0.39 is 0 Å². The lowest BCUT2D eigenvalue weighted by molar-refractivity contribution is 0.769. The van der Waals surface area contributed by atoms with Crippen LogP contribution in [0.3, 0.4) is 0 Å². The van der Waals surface area contributed by atoms with Gasteiger partial charge in [-0.05, 0) is 158 Å². The van der Waals surface area contributed by atoms with Gasteiger partial charge in [0.25, 0.3) is 0 Å². The molecule has 4 nitrogen and oxygen atoms in total. The number of rotatable bonds is 0. The summed E-state index contributed by atoms with van der Waals surface area (Å²) >= 11 is 0. The molecule has 0 unspecified atom stereocenters. The Hall–Kier alpha value is -9.64. The first-order valence-corrected chi connectivity index (χ1v) is 28.8.